The SMILES string of the molecule is CCSc1ccccc1NC(=O)[C@@H](CC)Oc1cccc(OC)c1. The topological polar surface area (TPSA) is 47.6 Å². The molecule has 2 aromatic carbocycles. The smallest absolute Gasteiger partial charge is 0.265 e. The van der Waals surface area contributed by atoms with E-state index in [-0.39, 0.29) is 5.91 Å². The molecular formula is C19H23NO3S. The van der Waals surface area contributed by atoms with Crippen molar-refractivity contribution in [2.24, 2.45) is 0 Å². The van der Waals surface area contributed by atoms with Gasteiger partial charge < -0.3 is 14.8 Å². The van der Waals surface area contributed by atoms with Gasteiger partial charge in [-0.3, -0.25) is 4.79 Å². The third-order valence-electron chi connectivity index (χ3n) is 3.43. The molecule has 0 aliphatic rings. The van der Waals surface area contributed by atoms with Crippen LogP contribution in [-0.4, -0.2) is 24.9 Å². The first-order valence-electron chi connectivity index (χ1n) is 8.01. The van der Waals surface area contributed by atoms with Crippen LogP contribution in [0.3, 0.4) is 0 Å². The van der Waals surface area contributed by atoms with Gasteiger partial charge in [0.2, 0.25) is 0 Å². The Labute approximate surface area is 147 Å². The predicted molar refractivity (Wildman–Crippen MR) is 99.2 cm³/mol. The molecule has 0 aliphatic carbocycles. The summed E-state index contributed by atoms with van der Waals surface area (Å²) < 4.78 is 11.0. The Kier molecular flexibility index (Phi) is 7.00. The first-order chi connectivity index (χ1) is 11.7. The lowest BCUT2D eigenvalue weighted by molar-refractivity contribution is -0.122. The summed E-state index contributed by atoms with van der Waals surface area (Å²) >= 11 is 1.70. The van der Waals surface area contributed by atoms with Crippen LogP contribution in [0.2, 0.25) is 0 Å². The minimum absolute atomic E-state index is 0.149. The van der Waals surface area contributed by atoms with E-state index in [1.165, 1.54) is 0 Å². The molecule has 0 saturated heterocycles. The van der Waals surface area contributed by atoms with Gasteiger partial charge in [0.15, 0.2) is 6.10 Å². The third kappa shape index (κ3) is 4.93. The van der Waals surface area contributed by atoms with E-state index < -0.39 is 6.10 Å². The Morgan fingerprint density at radius 2 is 1.88 bits per heavy atom. The largest absolute Gasteiger partial charge is 0.497 e. The number of rotatable bonds is 8. The molecule has 2 rings (SSSR count). The summed E-state index contributed by atoms with van der Waals surface area (Å²) in [6.45, 7) is 4.02. The fourth-order valence-corrected chi connectivity index (χ4v) is 2.99. The standard InChI is InChI=1S/C19H23NO3S/c1-4-17(23-15-10-8-9-14(13-15)22-3)19(21)20-16-11-6-7-12-18(16)24-5-2/h6-13,17H,4-5H2,1-3H3,(H,20,21)/t17-/m1/s1. The summed E-state index contributed by atoms with van der Waals surface area (Å²) in [6.07, 6.45) is 0.0170. The normalized spacial score (nSPS) is 11.6. The number of carbonyl (C=O) groups is 1. The summed E-state index contributed by atoms with van der Waals surface area (Å²) in [7, 11) is 1.60. The van der Waals surface area contributed by atoms with E-state index >= 15 is 0 Å². The molecule has 0 aromatic heterocycles. The number of benzene rings is 2. The molecule has 0 spiro atoms. The van der Waals surface area contributed by atoms with Crippen molar-refractivity contribution < 1.29 is 14.3 Å². The van der Waals surface area contributed by atoms with Gasteiger partial charge in [-0.05, 0) is 36.4 Å². The van der Waals surface area contributed by atoms with E-state index in [0.717, 1.165) is 16.3 Å². The predicted octanol–water partition coefficient (Wildman–Crippen LogP) is 4.60. The Hall–Kier alpha value is -2.14. The minimum atomic E-state index is -0.559. The second kappa shape index (κ2) is 9.23. The maximum atomic E-state index is 12.6. The molecule has 24 heavy (non-hydrogen) atoms. The van der Waals surface area contributed by atoms with E-state index in [4.69, 9.17) is 9.47 Å². The van der Waals surface area contributed by atoms with Crippen LogP contribution in [0.1, 0.15) is 20.3 Å². The van der Waals surface area contributed by atoms with Gasteiger partial charge in [-0.1, -0.05) is 32.0 Å². The highest BCUT2D eigenvalue weighted by Gasteiger charge is 2.19. The van der Waals surface area contributed by atoms with Crippen molar-refractivity contribution in [1.82, 2.24) is 0 Å². The molecule has 1 amide bonds. The van der Waals surface area contributed by atoms with Crippen molar-refractivity contribution in [1.29, 1.82) is 0 Å². The highest BCUT2D eigenvalue weighted by atomic mass is 32.2. The Morgan fingerprint density at radius 1 is 1.12 bits per heavy atom. The van der Waals surface area contributed by atoms with Crippen molar-refractivity contribution in [3.05, 3.63) is 48.5 Å². The summed E-state index contributed by atoms with van der Waals surface area (Å²) in [6, 6.07) is 15.1. The van der Waals surface area contributed by atoms with E-state index in [1.807, 2.05) is 49.4 Å². The second-order valence-corrected chi connectivity index (χ2v) is 6.42. The number of amides is 1. The second-order valence-electron chi connectivity index (χ2n) is 5.11. The number of carbonyl (C=O) groups excluding carboxylic acids is 1. The van der Waals surface area contributed by atoms with Crippen LogP contribution in [0.4, 0.5) is 5.69 Å². The van der Waals surface area contributed by atoms with Crippen LogP contribution in [0.15, 0.2) is 53.4 Å². The number of methoxy groups -OCH3 is 1. The van der Waals surface area contributed by atoms with Gasteiger partial charge in [0.1, 0.15) is 11.5 Å². The fourth-order valence-electron chi connectivity index (χ4n) is 2.23. The molecule has 128 valence electrons. The molecule has 0 radical (unpaired) electrons. The fraction of sp³-hybridized carbons (Fsp3) is 0.316. The van der Waals surface area contributed by atoms with Gasteiger partial charge in [-0.25, -0.2) is 0 Å². The summed E-state index contributed by atoms with van der Waals surface area (Å²) in [5.74, 6) is 2.12. The minimum Gasteiger partial charge on any atom is -0.497 e. The quantitative estimate of drug-likeness (QED) is 0.710. The lowest BCUT2D eigenvalue weighted by Crippen LogP contribution is -2.32. The first-order valence-corrected chi connectivity index (χ1v) is 8.99. The number of nitrogens with one attached hydrogen (secondary N) is 1. The Balaban J connectivity index is 2.08. The van der Waals surface area contributed by atoms with Gasteiger partial charge in [0.25, 0.3) is 5.91 Å². The van der Waals surface area contributed by atoms with Gasteiger partial charge >= 0.3 is 0 Å². The van der Waals surface area contributed by atoms with Crippen LogP contribution < -0.4 is 14.8 Å². The van der Waals surface area contributed by atoms with E-state index in [9.17, 15) is 4.79 Å². The van der Waals surface area contributed by atoms with Crippen molar-refractivity contribution >= 4 is 23.4 Å². The van der Waals surface area contributed by atoms with Crippen LogP contribution >= 0.6 is 11.8 Å². The zero-order valence-electron chi connectivity index (χ0n) is 14.2. The van der Waals surface area contributed by atoms with Crippen LogP contribution in [0, 0.1) is 0 Å². The summed E-state index contributed by atoms with van der Waals surface area (Å²) in [5.41, 5.74) is 0.821. The molecule has 2 aromatic rings. The zero-order chi connectivity index (χ0) is 17.4. The van der Waals surface area contributed by atoms with Crippen molar-refractivity contribution in [2.75, 3.05) is 18.2 Å². The van der Waals surface area contributed by atoms with Crippen molar-refractivity contribution in [2.45, 2.75) is 31.3 Å². The Bertz CT molecular complexity index is 675. The van der Waals surface area contributed by atoms with Gasteiger partial charge in [0, 0.05) is 11.0 Å². The number of thioether (sulfide) groups is 1. The number of anilines is 1. The highest BCUT2D eigenvalue weighted by molar-refractivity contribution is 7.99. The lowest BCUT2D eigenvalue weighted by atomic mass is 10.2. The average Bonchev–Trinajstić information content (AvgIpc) is 2.61. The molecule has 0 unspecified atom stereocenters. The maximum Gasteiger partial charge on any atom is 0.265 e. The molecule has 5 heteroatoms. The number of ether oxygens (including phenoxy) is 2. The van der Waals surface area contributed by atoms with Crippen molar-refractivity contribution in [3.8, 4) is 11.5 Å². The number of para-hydroxylation sites is 1. The maximum absolute atomic E-state index is 12.6. The summed E-state index contributed by atoms with van der Waals surface area (Å²) in [5, 5.41) is 2.98. The van der Waals surface area contributed by atoms with Crippen LogP contribution in [-0.2, 0) is 4.79 Å². The van der Waals surface area contributed by atoms with Crippen LogP contribution in [0.5, 0.6) is 11.5 Å². The molecule has 0 saturated carbocycles. The van der Waals surface area contributed by atoms with Gasteiger partial charge in [-0.15, -0.1) is 11.8 Å². The molecule has 1 atom stereocenters. The van der Waals surface area contributed by atoms with Crippen LogP contribution in [0.25, 0.3) is 0 Å². The summed E-state index contributed by atoms with van der Waals surface area (Å²) in [4.78, 5) is 13.6. The molecule has 0 aliphatic heterocycles. The molecule has 0 fully saturated rings. The third-order valence-corrected chi connectivity index (χ3v) is 4.38. The molecule has 1 N–H and O–H groups in total. The van der Waals surface area contributed by atoms with Gasteiger partial charge in [-0.2, -0.15) is 0 Å². The monoisotopic (exact) mass is 345 g/mol. The highest BCUT2D eigenvalue weighted by Crippen LogP contribution is 2.27. The number of hydrogen-bond acceptors (Lipinski definition) is 4. The molecule has 0 heterocycles. The molecule has 4 nitrogen and oxygen atoms in total. The molecular weight excluding hydrogens is 322 g/mol. The van der Waals surface area contributed by atoms with E-state index in [2.05, 4.69) is 12.2 Å². The Morgan fingerprint density at radius 3 is 2.58 bits per heavy atom. The number of hydrogen-bond donors (Lipinski definition) is 1. The zero-order valence-corrected chi connectivity index (χ0v) is 15.1. The van der Waals surface area contributed by atoms with E-state index in [1.54, 1.807) is 24.9 Å². The molecule has 0 bridgehead atoms. The van der Waals surface area contributed by atoms with Crippen molar-refractivity contribution in [3.63, 3.8) is 0 Å². The average molecular weight is 345 g/mol. The van der Waals surface area contributed by atoms with E-state index in [0.29, 0.717) is 17.9 Å². The first kappa shape index (κ1) is 18.2. The lowest BCUT2D eigenvalue weighted by Gasteiger charge is -2.18. The van der Waals surface area contributed by atoms with Gasteiger partial charge in [0.05, 0.1) is 12.8 Å².